The van der Waals surface area contributed by atoms with Crippen molar-refractivity contribution in [2.45, 2.75) is 19.9 Å². The summed E-state index contributed by atoms with van der Waals surface area (Å²) in [5.74, 6) is -0.169. The summed E-state index contributed by atoms with van der Waals surface area (Å²) in [6.07, 6.45) is 1.09. The van der Waals surface area contributed by atoms with E-state index in [0.717, 1.165) is 44.8 Å². The van der Waals surface area contributed by atoms with Gasteiger partial charge in [-0.15, -0.1) is 0 Å². The maximum absolute atomic E-state index is 13.0. The number of hydrogen-bond acceptors (Lipinski definition) is 2. The molecule has 1 heterocycles. The van der Waals surface area contributed by atoms with Crippen LogP contribution in [0.15, 0.2) is 48.5 Å². The zero-order chi connectivity index (χ0) is 15.4. The van der Waals surface area contributed by atoms with Crippen LogP contribution >= 0.6 is 0 Å². The first-order chi connectivity index (χ1) is 10.7. The Morgan fingerprint density at radius 2 is 1.41 bits per heavy atom. The van der Waals surface area contributed by atoms with Crippen molar-refractivity contribution >= 4 is 5.69 Å². The molecule has 0 bridgehead atoms. The van der Waals surface area contributed by atoms with E-state index in [1.807, 2.05) is 12.1 Å². The lowest BCUT2D eigenvalue weighted by molar-refractivity contribution is 0.250. The first kappa shape index (κ1) is 15.0. The highest BCUT2D eigenvalue weighted by atomic mass is 19.1. The summed E-state index contributed by atoms with van der Waals surface area (Å²) < 4.78 is 13.0. The van der Waals surface area contributed by atoms with Gasteiger partial charge in [0.15, 0.2) is 0 Å². The third kappa shape index (κ3) is 3.66. The van der Waals surface area contributed by atoms with Gasteiger partial charge in [-0.25, -0.2) is 4.39 Å². The molecule has 2 aromatic carbocycles. The smallest absolute Gasteiger partial charge is 0.123 e. The summed E-state index contributed by atoms with van der Waals surface area (Å²) >= 11 is 0. The first-order valence-corrected chi connectivity index (χ1v) is 8.05. The van der Waals surface area contributed by atoms with Gasteiger partial charge in [-0.1, -0.05) is 31.2 Å². The van der Waals surface area contributed by atoms with Crippen LogP contribution in [0.2, 0.25) is 0 Å². The average Bonchev–Trinajstić information content (AvgIpc) is 2.57. The molecular formula is C19H23FN2. The summed E-state index contributed by atoms with van der Waals surface area (Å²) in [6.45, 7) is 7.29. The number of nitrogens with zero attached hydrogens (tertiary/aromatic N) is 2. The molecule has 2 nitrogen and oxygen atoms in total. The second-order valence-electron chi connectivity index (χ2n) is 5.91. The lowest BCUT2D eigenvalue weighted by Crippen LogP contribution is -2.45. The lowest BCUT2D eigenvalue weighted by Gasteiger charge is -2.36. The van der Waals surface area contributed by atoms with Crippen LogP contribution in [-0.2, 0) is 13.0 Å². The zero-order valence-corrected chi connectivity index (χ0v) is 13.1. The zero-order valence-electron chi connectivity index (χ0n) is 13.1. The Kier molecular flexibility index (Phi) is 4.74. The normalized spacial score (nSPS) is 16.0. The molecule has 0 atom stereocenters. The second kappa shape index (κ2) is 6.93. The third-order valence-corrected chi connectivity index (χ3v) is 4.40. The molecule has 3 heteroatoms. The summed E-state index contributed by atoms with van der Waals surface area (Å²) in [5.41, 5.74) is 3.89. The van der Waals surface area contributed by atoms with E-state index in [1.165, 1.54) is 23.3 Å². The van der Waals surface area contributed by atoms with Crippen molar-refractivity contribution in [2.75, 3.05) is 31.1 Å². The van der Waals surface area contributed by atoms with Crippen molar-refractivity contribution in [3.63, 3.8) is 0 Å². The van der Waals surface area contributed by atoms with Crippen molar-refractivity contribution in [3.8, 4) is 0 Å². The molecule has 0 spiro atoms. The molecule has 0 unspecified atom stereocenters. The maximum atomic E-state index is 13.0. The van der Waals surface area contributed by atoms with Crippen molar-refractivity contribution in [1.29, 1.82) is 0 Å². The van der Waals surface area contributed by atoms with Crippen LogP contribution in [0, 0.1) is 5.82 Å². The summed E-state index contributed by atoms with van der Waals surface area (Å²) in [7, 11) is 0. The summed E-state index contributed by atoms with van der Waals surface area (Å²) in [6, 6.07) is 15.8. The second-order valence-corrected chi connectivity index (χ2v) is 5.91. The van der Waals surface area contributed by atoms with Gasteiger partial charge in [0, 0.05) is 38.4 Å². The number of hydrogen-bond donors (Lipinski definition) is 0. The van der Waals surface area contributed by atoms with E-state index < -0.39 is 0 Å². The van der Waals surface area contributed by atoms with Gasteiger partial charge in [0.25, 0.3) is 0 Å². The number of piperazine rings is 1. The molecule has 2 aromatic rings. The first-order valence-electron chi connectivity index (χ1n) is 8.05. The van der Waals surface area contributed by atoms with Gasteiger partial charge in [-0.05, 0) is 41.8 Å². The molecule has 22 heavy (non-hydrogen) atoms. The molecule has 1 saturated heterocycles. The quantitative estimate of drug-likeness (QED) is 0.849. The van der Waals surface area contributed by atoms with Crippen LogP contribution in [0.1, 0.15) is 18.1 Å². The van der Waals surface area contributed by atoms with E-state index in [0.29, 0.717) is 0 Å². The highest BCUT2D eigenvalue weighted by molar-refractivity contribution is 5.46. The minimum atomic E-state index is -0.169. The number of halogens is 1. The monoisotopic (exact) mass is 298 g/mol. The lowest BCUT2D eigenvalue weighted by atomic mass is 10.1. The third-order valence-electron chi connectivity index (χ3n) is 4.40. The van der Waals surface area contributed by atoms with Crippen LogP contribution in [0.5, 0.6) is 0 Å². The van der Waals surface area contributed by atoms with Crippen LogP contribution in [0.4, 0.5) is 10.1 Å². The topological polar surface area (TPSA) is 6.48 Å². The predicted molar refractivity (Wildman–Crippen MR) is 89.7 cm³/mol. The van der Waals surface area contributed by atoms with E-state index >= 15 is 0 Å². The Labute approximate surface area is 132 Å². The van der Waals surface area contributed by atoms with Crippen LogP contribution in [0.25, 0.3) is 0 Å². The molecule has 0 saturated carbocycles. The van der Waals surface area contributed by atoms with E-state index in [9.17, 15) is 4.39 Å². The molecule has 1 aliphatic heterocycles. The van der Waals surface area contributed by atoms with Crippen LogP contribution in [-0.4, -0.2) is 31.1 Å². The van der Waals surface area contributed by atoms with Gasteiger partial charge < -0.3 is 4.90 Å². The summed E-state index contributed by atoms with van der Waals surface area (Å²) in [5, 5.41) is 0. The molecule has 0 aromatic heterocycles. The van der Waals surface area contributed by atoms with Crippen molar-refractivity contribution in [3.05, 3.63) is 65.5 Å². The number of benzene rings is 2. The Balaban J connectivity index is 1.53. The Hall–Kier alpha value is -1.87. The van der Waals surface area contributed by atoms with Crippen molar-refractivity contribution < 1.29 is 4.39 Å². The van der Waals surface area contributed by atoms with E-state index in [2.05, 4.69) is 41.0 Å². The number of rotatable bonds is 4. The van der Waals surface area contributed by atoms with Crippen LogP contribution in [0.3, 0.4) is 0 Å². The van der Waals surface area contributed by atoms with E-state index in [1.54, 1.807) is 0 Å². The highest BCUT2D eigenvalue weighted by Crippen LogP contribution is 2.18. The van der Waals surface area contributed by atoms with Crippen LogP contribution < -0.4 is 4.90 Å². The molecular weight excluding hydrogens is 275 g/mol. The maximum Gasteiger partial charge on any atom is 0.123 e. The predicted octanol–water partition coefficient (Wildman–Crippen LogP) is 3.71. The highest BCUT2D eigenvalue weighted by Gasteiger charge is 2.17. The van der Waals surface area contributed by atoms with Crippen molar-refractivity contribution in [1.82, 2.24) is 4.90 Å². The molecule has 0 N–H and O–H groups in total. The Morgan fingerprint density at radius 3 is 2.00 bits per heavy atom. The fourth-order valence-electron chi connectivity index (χ4n) is 2.95. The SMILES string of the molecule is CCc1ccc(CN2CCN(c3ccc(F)cc3)CC2)cc1. The Morgan fingerprint density at radius 1 is 0.818 bits per heavy atom. The van der Waals surface area contributed by atoms with Gasteiger partial charge in [-0.2, -0.15) is 0 Å². The molecule has 0 amide bonds. The fraction of sp³-hybridized carbons (Fsp3) is 0.368. The van der Waals surface area contributed by atoms with Gasteiger partial charge in [-0.3, -0.25) is 4.90 Å². The number of aryl methyl sites for hydroxylation is 1. The minimum absolute atomic E-state index is 0.169. The molecule has 1 aliphatic rings. The van der Waals surface area contributed by atoms with Gasteiger partial charge in [0.05, 0.1) is 0 Å². The van der Waals surface area contributed by atoms with E-state index in [4.69, 9.17) is 0 Å². The van der Waals surface area contributed by atoms with E-state index in [-0.39, 0.29) is 5.82 Å². The van der Waals surface area contributed by atoms with Gasteiger partial charge in [0.1, 0.15) is 5.82 Å². The molecule has 1 fully saturated rings. The van der Waals surface area contributed by atoms with Gasteiger partial charge in [0.2, 0.25) is 0 Å². The summed E-state index contributed by atoms with van der Waals surface area (Å²) in [4.78, 5) is 4.82. The molecule has 0 aliphatic carbocycles. The average molecular weight is 298 g/mol. The molecule has 3 rings (SSSR count). The number of anilines is 1. The molecule has 0 radical (unpaired) electrons. The fourth-order valence-corrected chi connectivity index (χ4v) is 2.95. The standard InChI is InChI=1S/C19H23FN2/c1-2-16-3-5-17(6-4-16)15-21-11-13-22(14-12-21)19-9-7-18(20)8-10-19/h3-10H,2,11-15H2,1H3. The van der Waals surface area contributed by atoms with Gasteiger partial charge >= 0.3 is 0 Å². The molecule has 116 valence electrons. The van der Waals surface area contributed by atoms with Crippen molar-refractivity contribution in [2.24, 2.45) is 0 Å². The Bertz CT molecular complexity index is 584. The minimum Gasteiger partial charge on any atom is -0.369 e. The largest absolute Gasteiger partial charge is 0.369 e.